The first kappa shape index (κ1) is 28.9. The molecule has 2 heterocycles. The molecule has 0 fully saturated rings. The summed E-state index contributed by atoms with van der Waals surface area (Å²) in [6.07, 6.45) is 1.66. The molecule has 0 bridgehead atoms. The molecule has 0 N–H and O–H groups in total. The van der Waals surface area contributed by atoms with Gasteiger partial charge in [-0.05, 0) is 69.7 Å². The molecule has 0 saturated carbocycles. The smallest absolute Gasteiger partial charge is 0.338 e. The number of aromatic nitrogens is 1. The molecule has 0 radical (unpaired) electrons. The molecule has 1 aliphatic heterocycles. The minimum Gasteiger partial charge on any atom is -0.493 e. The lowest BCUT2D eigenvalue weighted by Crippen LogP contribution is -2.40. The van der Waals surface area contributed by atoms with Crippen LogP contribution in [0.5, 0.6) is 17.2 Å². The molecule has 206 valence electrons. The Morgan fingerprint density at radius 1 is 1.18 bits per heavy atom. The van der Waals surface area contributed by atoms with Gasteiger partial charge >= 0.3 is 5.97 Å². The summed E-state index contributed by atoms with van der Waals surface area (Å²) >= 11 is 11.1. The fourth-order valence-electron chi connectivity index (χ4n) is 4.30. The van der Waals surface area contributed by atoms with E-state index < -0.39 is 12.0 Å². The molecule has 2 aromatic carbocycles. The Hall–Kier alpha value is -3.08. The maximum Gasteiger partial charge on any atom is 0.338 e. The largest absolute Gasteiger partial charge is 0.493 e. The number of halogens is 2. The van der Waals surface area contributed by atoms with Crippen LogP contribution in [-0.4, -0.2) is 37.5 Å². The van der Waals surface area contributed by atoms with E-state index in [1.165, 1.54) is 30.1 Å². The minimum absolute atomic E-state index is 0.0725. The number of allylic oxidation sites excluding steroid dienone is 1. The Bertz CT molecular complexity index is 1640. The first-order chi connectivity index (χ1) is 18.6. The van der Waals surface area contributed by atoms with Crippen LogP contribution in [0.1, 0.15) is 44.9 Å². The molecule has 0 saturated heterocycles. The zero-order chi connectivity index (χ0) is 28.4. The molecule has 0 amide bonds. The highest BCUT2D eigenvalue weighted by Gasteiger charge is 2.35. The van der Waals surface area contributed by atoms with Crippen molar-refractivity contribution in [3.8, 4) is 17.2 Å². The van der Waals surface area contributed by atoms with Gasteiger partial charge in [0.1, 0.15) is 5.75 Å². The van der Waals surface area contributed by atoms with Gasteiger partial charge in [0.25, 0.3) is 5.56 Å². The first-order valence-electron chi connectivity index (χ1n) is 12.2. The van der Waals surface area contributed by atoms with E-state index in [1.54, 1.807) is 50.3 Å². The topological polar surface area (TPSA) is 88.4 Å². The summed E-state index contributed by atoms with van der Waals surface area (Å²) in [5.41, 5.74) is 1.67. The van der Waals surface area contributed by atoms with E-state index in [4.69, 9.17) is 30.5 Å². The second-order valence-electron chi connectivity index (χ2n) is 8.88. The number of fused-ring (bicyclic) bond motifs is 1. The molecular weight excluding hydrogens is 608 g/mol. The molecule has 4 rings (SSSR count). The van der Waals surface area contributed by atoms with Crippen LogP contribution in [0.3, 0.4) is 0 Å². The third-order valence-electron chi connectivity index (χ3n) is 5.94. The van der Waals surface area contributed by atoms with Gasteiger partial charge in [-0.1, -0.05) is 38.9 Å². The molecule has 8 nitrogen and oxygen atoms in total. The van der Waals surface area contributed by atoms with Crippen molar-refractivity contribution in [2.24, 2.45) is 4.99 Å². The monoisotopic (exact) mass is 634 g/mol. The maximum atomic E-state index is 14.0. The van der Waals surface area contributed by atoms with Crippen molar-refractivity contribution < 1.29 is 23.7 Å². The molecule has 1 aliphatic rings. The van der Waals surface area contributed by atoms with Crippen molar-refractivity contribution >= 4 is 50.9 Å². The SMILES string of the molecule is CCOC(=O)C1=C(C)N=c2s/c(=C\c3cc(Cl)ccc3OC(C)C)c(=O)n2[C@@H]1c1cc(OC)c(OC)cc1Br. The molecule has 3 aromatic rings. The van der Waals surface area contributed by atoms with E-state index in [0.717, 1.165) is 0 Å². The zero-order valence-corrected chi connectivity index (χ0v) is 25.5. The molecule has 0 unspecified atom stereocenters. The number of hydrogen-bond donors (Lipinski definition) is 0. The Morgan fingerprint density at radius 2 is 1.87 bits per heavy atom. The lowest BCUT2D eigenvalue weighted by Gasteiger charge is -2.26. The summed E-state index contributed by atoms with van der Waals surface area (Å²) in [6.45, 7) is 7.48. The highest BCUT2D eigenvalue weighted by atomic mass is 79.9. The summed E-state index contributed by atoms with van der Waals surface area (Å²) in [5.74, 6) is 0.993. The number of esters is 1. The third-order valence-corrected chi connectivity index (χ3v) is 7.84. The van der Waals surface area contributed by atoms with Crippen molar-refractivity contribution in [1.82, 2.24) is 4.57 Å². The molecule has 11 heteroatoms. The van der Waals surface area contributed by atoms with E-state index in [-0.39, 0.29) is 23.8 Å². The van der Waals surface area contributed by atoms with Gasteiger partial charge in [0.05, 0.1) is 48.8 Å². The average molecular weight is 636 g/mol. The van der Waals surface area contributed by atoms with Gasteiger partial charge in [-0.25, -0.2) is 9.79 Å². The Labute approximate surface area is 243 Å². The van der Waals surface area contributed by atoms with E-state index in [0.29, 0.717) is 52.9 Å². The average Bonchev–Trinajstić information content (AvgIpc) is 3.18. The van der Waals surface area contributed by atoms with E-state index in [2.05, 4.69) is 20.9 Å². The summed E-state index contributed by atoms with van der Waals surface area (Å²) in [6, 6.07) is 7.91. The van der Waals surface area contributed by atoms with Crippen LogP contribution in [0.15, 0.2) is 55.9 Å². The number of thiazole rings is 1. The maximum absolute atomic E-state index is 14.0. The fraction of sp³-hybridized carbons (Fsp3) is 0.321. The normalized spacial score (nSPS) is 15.2. The van der Waals surface area contributed by atoms with Gasteiger partial charge in [-0.2, -0.15) is 0 Å². The lowest BCUT2D eigenvalue weighted by molar-refractivity contribution is -0.139. The Morgan fingerprint density at radius 3 is 2.51 bits per heavy atom. The van der Waals surface area contributed by atoms with Crippen molar-refractivity contribution in [2.75, 3.05) is 20.8 Å². The molecule has 39 heavy (non-hydrogen) atoms. The van der Waals surface area contributed by atoms with Gasteiger partial charge < -0.3 is 18.9 Å². The molecule has 1 aromatic heterocycles. The number of carbonyl (C=O) groups excluding carboxylic acids is 1. The predicted octanol–water partition coefficient (Wildman–Crippen LogP) is 5.02. The molecule has 1 atom stereocenters. The van der Waals surface area contributed by atoms with E-state index in [9.17, 15) is 9.59 Å². The number of benzene rings is 2. The summed E-state index contributed by atoms with van der Waals surface area (Å²) in [7, 11) is 3.06. The fourth-order valence-corrected chi connectivity index (χ4v) is 6.06. The van der Waals surface area contributed by atoms with Crippen LogP contribution in [0.2, 0.25) is 5.02 Å². The van der Waals surface area contributed by atoms with Crippen LogP contribution < -0.4 is 29.1 Å². The molecule has 0 spiro atoms. The van der Waals surface area contributed by atoms with E-state index >= 15 is 0 Å². The second kappa shape index (κ2) is 12.0. The van der Waals surface area contributed by atoms with Gasteiger partial charge in [-0.3, -0.25) is 9.36 Å². The highest BCUT2D eigenvalue weighted by molar-refractivity contribution is 9.10. The number of nitrogens with zero attached hydrogens (tertiary/aromatic N) is 2. The summed E-state index contributed by atoms with van der Waals surface area (Å²) in [4.78, 5) is 32.3. The van der Waals surface area contributed by atoms with Gasteiger partial charge in [0.2, 0.25) is 0 Å². The predicted molar refractivity (Wildman–Crippen MR) is 155 cm³/mol. The van der Waals surface area contributed by atoms with Crippen molar-refractivity contribution in [2.45, 2.75) is 39.8 Å². The van der Waals surface area contributed by atoms with Crippen LogP contribution in [0, 0.1) is 0 Å². The zero-order valence-electron chi connectivity index (χ0n) is 22.3. The van der Waals surface area contributed by atoms with Gasteiger partial charge in [-0.15, -0.1) is 0 Å². The first-order valence-corrected chi connectivity index (χ1v) is 14.2. The van der Waals surface area contributed by atoms with Crippen molar-refractivity contribution in [3.63, 3.8) is 0 Å². The van der Waals surface area contributed by atoms with Crippen LogP contribution in [-0.2, 0) is 9.53 Å². The number of methoxy groups -OCH3 is 2. The number of ether oxygens (including phenoxy) is 4. The molecule has 0 aliphatic carbocycles. The number of hydrogen-bond acceptors (Lipinski definition) is 8. The van der Waals surface area contributed by atoms with Crippen molar-refractivity contribution in [1.29, 1.82) is 0 Å². The van der Waals surface area contributed by atoms with Crippen LogP contribution >= 0.6 is 38.9 Å². The van der Waals surface area contributed by atoms with Gasteiger partial charge in [0.15, 0.2) is 16.3 Å². The number of rotatable bonds is 8. The minimum atomic E-state index is -0.831. The standard InChI is InChI=1S/C28H28BrClN2O6S/c1-7-37-27(34)24-15(4)31-28-32(25(24)18-12-21(35-5)22(36-6)13-19(18)29)26(33)23(39-28)11-16-10-17(30)8-9-20(16)38-14(2)3/h8-14,25H,7H2,1-6H3/b23-11-/t25-/m1/s1. The van der Waals surface area contributed by atoms with Crippen LogP contribution in [0.25, 0.3) is 6.08 Å². The summed E-state index contributed by atoms with van der Waals surface area (Å²) < 4.78 is 24.8. The summed E-state index contributed by atoms with van der Waals surface area (Å²) in [5, 5.41) is 0.512. The lowest BCUT2D eigenvalue weighted by atomic mass is 9.95. The third kappa shape index (κ3) is 5.78. The highest BCUT2D eigenvalue weighted by Crippen LogP contribution is 2.40. The Balaban J connectivity index is 2.01. The van der Waals surface area contributed by atoms with Crippen molar-refractivity contribution in [3.05, 3.63) is 81.9 Å². The van der Waals surface area contributed by atoms with Crippen LogP contribution in [0.4, 0.5) is 0 Å². The van der Waals surface area contributed by atoms with Gasteiger partial charge in [0, 0.05) is 15.1 Å². The number of carbonyl (C=O) groups is 1. The second-order valence-corrected chi connectivity index (χ2v) is 11.2. The molecular formula is C28H28BrClN2O6S. The quantitative estimate of drug-likeness (QED) is 0.323. The van der Waals surface area contributed by atoms with E-state index in [1.807, 2.05) is 13.8 Å². The Kier molecular flexibility index (Phi) is 8.88.